The summed E-state index contributed by atoms with van der Waals surface area (Å²) < 4.78 is 36.6. The van der Waals surface area contributed by atoms with Crippen molar-refractivity contribution in [3.8, 4) is 11.3 Å². The van der Waals surface area contributed by atoms with Crippen LogP contribution in [0.15, 0.2) is 100 Å². The van der Waals surface area contributed by atoms with Crippen molar-refractivity contribution >= 4 is 27.0 Å². The average Bonchev–Trinajstić information content (AvgIpc) is 3.30. The van der Waals surface area contributed by atoms with E-state index in [4.69, 9.17) is 9.73 Å². The van der Waals surface area contributed by atoms with Gasteiger partial charge in [0.2, 0.25) is 10.0 Å². The summed E-state index contributed by atoms with van der Waals surface area (Å²) in [4.78, 5) is 6.08. The zero-order chi connectivity index (χ0) is 25.8. The second-order valence-corrected chi connectivity index (χ2v) is 12.1. The Kier molecular flexibility index (Phi) is 7.71. The van der Waals surface area contributed by atoms with E-state index < -0.39 is 10.0 Å². The van der Waals surface area contributed by atoms with Crippen molar-refractivity contribution in [2.45, 2.75) is 43.9 Å². The highest BCUT2D eigenvalue weighted by Gasteiger charge is 2.32. The summed E-state index contributed by atoms with van der Waals surface area (Å²) in [5.74, 6) is 0. The number of benzene rings is 3. The van der Waals surface area contributed by atoms with Crippen LogP contribution in [-0.2, 0) is 27.7 Å². The van der Waals surface area contributed by atoms with Crippen LogP contribution >= 0.6 is 11.3 Å². The highest BCUT2D eigenvalue weighted by Crippen LogP contribution is 2.27. The molecule has 2 unspecified atom stereocenters. The summed E-state index contributed by atoms with van der Waals surface area (Å²) in [6.07, 6.45) is 0.565. The minimum atomic E-state index is -3.64. The fraction of sp³-hybridized carbons (Fsp3) is 0.276. The van der Waals surface area contributed by atoms with Crippen molar-refractivity contribution in [1.82, 2.24) is 8.87 Å². The number of hydrogen-bond acceptors (Lipinski definition) is 5. The molecule has 0 spiro atoms. The van der Waals surface area contributed by atoms with Crippen LogP contribution < -0.4 is 4.80 Å². The quantitative estimate of drug-likeness (QED) is 0.316. The van der Waals surface area contributed by atoms with Gasteiger partial charge >= 0.3 is 0 Å². The summed E-state index contributed by atoms with van der Waals surface area (Å²) in [7, 11) is -3.64. The van der Waals surface area contributed by atoms with Crippen molar-refractivity contribution in [2.75, 3.05) is 13.1 Å². The Balaban J connectivity index is 1.53. The van der Waals surface area contributed by atoms with E-state index in [0.29, 0.717) is 18.0 Å². The molecular weight excluding hydrogens is 502 g/mol. The van der Waals surface area contributed by atoms with Crippen molar-refractivity contribution < 1.29 is 13.2 Å². The van der Waals surface area contributed by atoms with Gasteiger partial charge in [-0.25, -0.2) is 13.4 Å². The predicted molar refractivity (Wildman–Crippen MR) is 148 cm³/mol. The Morgan fingerprint density at radius 2 is 1.59 bits per heavy atom. The zero-order valence-electron chi connectivity index (χ0n) is 21.0. The van der Waals surface area contributed by atoms with E-state index >= 15 is 0 Å². The summed E-state index contributed by atoms with van der Waals surface area (Å²) in [5.41, 5.74) is 3.94. The third kappa shape index (κ3) is 5.93. The predicted octanol–water partition coefficient (Wildman–Crippen LogP) is 5.49. The lowest BCUT2D eigenvalue weighted by atomic mass is 10.1. The smallest absolute Gasteiger partial charge is 0.243 e. The molecule has 1 fully saturated rings. The summed E-state index contributed by atoms with van der Waals surface area (Å²) in [6, 6.07) is 27.5. The lowest BCUT2D eigenvalue weighted by Gasteiger charge is -2.34. The van der Waals surface area contributed by atoms with E-state index in [1.807, 2.05) is 74.5 Å². The molecule has 0 saturated carbocycles. The number of aryl methyl sites for hydroxylation is 1. The molecule has 0 aliphatic carbocycles. The van der Waals surface area contributed by atoms with E-state index in [2.05, 4.69) is 22.1 Å². The molecule has 1 aliphatic heterocycles. The van der Waals surface area contributed by atoms with Gasteiger partial charge in [0.1, 0.15) is 0 Å². The monoisotopic (exact) mass is 533 g/mol. The molecule has 192 valence electrons. The summed E-state index contributed by atoms with van der Waals surface area (Å²) >= 11 is 1.56. The minimum Gasteiger partial charge on any atom is -0.373 e. The van der Waals surface area contributed by atoms with Gasteiger partial charge in [-0.05, 0) is 50.1 Å². The maximum Gasteiger partial charge on any atom is 0.243 e. The van der Waals surface area contributed by atoms with Crippen LogP contribution in [0.25, 0.3) is 11.3 Å². The summed E-state index contributed by atoms with van der Waals surface area (Å²) in [5, 5.41) is 2.07. The van der Waals surface area contributed by atoms with Gasteiger partial charge in [-0.15, -0.1) is 11.3 Å². The molecule has 2 atom stereocenters. The Morgan fingerprint density at radius 3 is 2.30 bits per heavy atom. The molecule has 1 aliphatic rings. The first-order chi connectivity index (χ1) is 17.9. The van der Waals surface area contributed by atoms with E-state index in [0.717, 1.165) is 34.7 Å². The van der Waals surface area contributed by atoms with Crippen molar-refractivity contribution in [2.24, 2.45) is 4.99 Å². The standard InChI is InChI=1S/C29H31N3O3S2/c1-22-19-31(20-23(2)35-22)37(33,34)27-15-9-12-25(18-27)28-21-36-29(30-26-13-7-4-8-14-26)32(28)17-16-24-10-5-3-6-11-24/h3-15,18,21-23H,16-17,19-20H2,1-2H3. The van der Waals surface area contributed by atoms with Crippen LogP contribution in [0.1, 0.15) is 19.4 Å². The molecule has 3 aromatic carbocycles. The molecule has 5 rings (SSSR count). The van der Waals surface area contributed by atoms with E-state index in [1.165, 1.54) is 9.87 Å². The topological polar surface area (TPSA) is 63.9 Å². The highest BCUT2D eigenvalue weighted by atomic mass is 32.2. The maximum atomic E-state index is 13.6. The lowest BCUT2D eigenvalue weighted by Crippen LogP contribution is -2.48. The van der Waals surface area contributed by atoms with Crippen molar-refractivity contribution in [3.05, 3.63) is 101 Å². The molecule has 1 saturated heterocycles. The SMILES string of the molecule is CC1CN(S(=O)(=O)c2cccc(-c3csc(=Nc4ccccc4)n3CCc3ccccc3)c2)CC(C)O1. The fourth-order valence-electron chi connectivity index (χ4n) is 4.66. The Bertz CT molecular complexity index is 1500. The number of rotatable bonds is 7. The third-order valence-electron chi connectivity index (χ3n) is 6.40. The summed E-state index contributed by atoms with van der Waals surface area (Å²) in [6.45, 7) is 5.25. The average molecular weight is 534 g/mol. The Labute approximate surface area is 222 Å². The first-order valence-corrected chi connectivity index (χ1v) is 14.8. The van der Waals surface area contributed by atoms with Gasteiger partial charge in [0.25, 0.3) is 0 Å². The third-order valence-corrected chi connectivity index (χ3v) is 9.09. The zero-order valence-corrected chi connectivity index (χ0v) is 22.7. The molecule has 0 radical (unpaired) electrons. The first-order valence-electron chi connectivity index (χ1n) is 12.5. The first kappa shape index (κ1) is 25.6. The number of hydrogen-bond donors (Lipinski definition) is 0. The van der Waals surface area contributed by atoms with Crippen LogP contribution in [0.2, 0.25) is 0 Å². The lowest BCUT2D eigenvalue weighted by molar-refractivity contribution is -0.0440. The van der Waals surface area contributed by atoms with Crippen LogP contribution in [0.4, 0.5) is 5.69 Å². The van der Waals surface area contributed by atoms with Gasteiger partial charge in [0.05, 0.1) is 28.5 Å². The molecule has 1 aromatic heterocycles. The molecule has 0 amide bonds. The van der Waals surface area contributed by atoms with Crippen LogP contribution in [0.5, 0.6) is 0 Å². The highest BCUT2D eigenvalue weighted by molar-refractivity contribution is 7.89. The second-order valence-electron chi connectivity index (χ2n) is 9.35. The van der Waals surface area contributed by atoms with Crippen molar-refractivity contribution in [1.29, 1.82) is 0 Å². The normalized spacial score (nSPS) is 19.2. The van der Waals surface area contributed by atoms with E-state index in [1.54, 1.807) is 23.5 Å². The fourth-order valence-corrected chi connectivity index (χ4v) is 7.25. The number of para-hydroxylation sites is 1. The molecule has 8 heteroatoms. The van der Waals surface area contributed by atoms with Crippen molar-refractivity contribution in [3.63, 3.8) is 0 Å². The molecule has 37 heavy (non-hydrogen) atoms. The van der Waals surface area contributed by atoms with Gasteiger partial charge in [0.15, 0.2) is 4.80 Å². The second kappa shape index (κ2) is 11.1. The van der Waals surface area contributed by atoms with Crippen LogP contribution in [-0.4, -0.2) is 42.6 Å². The maximum absolute atomic E-state index is 13.6. The van der Waals surface area contributed by atoms with Gasteiger partial charge in [-0.2, -0.15) is 4.31 Å². The number of morpholine rings is 1. The molecule has 6 nitrogen and oxygen atoms in total. The van der Waals surface area contributed by atoms with E-state index in [9.17, 15) is 8.42 Å². The number of thiazole rings is 1. The number of aromatic nitrogens is 1. The number of sulfonamides is 1. The number of ether oxygens (including phenoxy) is 1. The van der Waals surface area contributed by atoms with Gasteiger partial charge < -0.3 is 9.30 Å². The van der Waals surface area contributed by atoms with E-state index in [-0.39, 0.29) is 12.2 Å². The molecule has 4 aromatic rings. The number of nitrogens with zero attached hydrogens (tertiary/aromatic N) is 3. The molecule has 2 heterocycles. The van der Waals surface area contributed by atoms with Gasteiger partial charge in [0, 0.05) is 30.6 Å². The minimum absolute atomic E-state index is 0.138. The largest absolute Gasteiger partial charge is 0.373 e. The Morgan fingerprint density at radius 1 is 0.919 bits per heavy atom. The molecule has 0 bridgehead atoms. The van der Waals surface area contributed by atoms with Gasteiger partial charge in [-0.3, -0.25) is 0 Å². The van der Waals surface area contributed by atoms with Crippen LogP contribution in [0.3, 0.4) is 0 Å². The van der Waals surface area contributed by atoms with Crippen LogP contribution in [0, 0.1) is 0 Å². The molecular formula is C29H31N3O3S2. The van der Waals surface area contributed by atoms with Gasteiger partial charge in [-0.1, -0.05) is 60.7 Å². The molecule has 0 N–H and O–H groups in total. The Hall–Kier alpha value is -3.04.